The summed E-state index contributed by atoms with van der Waals surface area (Å²) in [6.45, 7) is 3.60. The van der Waals surface area contributed by atoms with Crippen LogP contribution in [-0.2, 0) is 14.3 Å². The normalized spacial score (nSPS) is 21.6. The smallest absolute Gasteiger partial charge is 0.295 e. The van der Waals surface area contributed by atoms with Gasteiger partial charge in [0.2, 0.25) is 0 Å². The standard InChI is InChI=1S/C23H22ClFN2O4/c24-17-5-1-16(2-6-17)21(28)19-20(15-3-7-18(25)8-4-15)27(23(30)22(19)29)10-9-26-11-13-31-14-12-26/h1-8,20,28H,9-14H2/b21-19+/t20-/m1/s1. The lowest BCUT2D eigenvalue weighted by Gasteiger charge is -2.31. The van der Waals surface area contributed by atoms with Crippen molar-refractivity contribution in [1.29, 1.82) is 0 Å². The average molecular weight is 445 g/mol. The number of aliphatic hydroxyl groups excluding tert-OH is 1. The highest BCUT2D eigenvalue weighted by atomic mass is 35.5. The minimum Gasteiger partial charge on any atom is -0.507 e. The molecule has 0 bridgehead atoms. The van der Waals surface area contributed by atoms with Gasteiger partial charge < -0.3 is 14.7 Å². The van der Waals surface area contributed by atoms with Crippen LogP contribution < -0.4 is 0 Å². The van der Waals surface area contributed by atoms with Gasteiger partial charge in [-0.2, -0.15) is 0 Å². The molecular weight excluding hydrogens is 423 g/mol. The minimum absolute atomic E-state index is 0.0130. The van der Waals surface area contributed by atoms with E-state index >= 15 is 0 Å². The van der Waals surface area contributed by atoms with Gasteiger partial charge in [0.05, 0.1) is 24.8 Å². The highest BCUT2D eigenvalue weighted by molar-refractivity contribution is 6.46. The van der Waals surface area contributed by atoms with E-state index in [9.17, 15) is 19.1 Å². The SMILES string of the molecule is O=C1C(=O)N(CCN2CCOCC2)[C@H](c2ccc(F)cc2)/C1=C(\O)c1ccc(Cl)cc1. The Kier molecular flexibility index (Phi) is 6.36. The molecule has 1 atom stereocenters. The number of halogens is 2. The Morgan fingerprint density at radius 1 is 1.03 bits per heavy atom. The Morgan fingerprint density at radius 2 is 1.68 bits per heavy atom. The van der Waals surface area contributed by atoms with Crippen LogP contribution in [0, 0.1) is 5.82 Å². The first-order chi connectivity index (χ1) is 15.0. The van der Waals surface area contributed by atoms with Crippen LogP contribution in [-0.4, -0.2) is 66.0 Å². The first kappa shape index (κ1) is 21.5. The van der Waals surface area contributed by atoms with Crippen molar-refractivity contribution in [2.24, 2.45) is 0 Å². The van der Waals surface area contributed by atoms with E-state index in [1.54, 1.807) is 24.3 Å². The third-order valence-electron chi connectivity index (χ3n) is 5.60. The minimum atomic E-state index is -0.808. The molecule has 1 N–H and O–H groups in total. The number of benzene rings is 2. The Hall–Kier alpha value is -2.74. The monoisotopic (exact) mass is 444 g/mol. The predicted octanol–water partition coefficient (Wildman–Crippen LogP) is 3.23. The molecule has 0 unspecified atom stereocenters. The van der Waals surface area contributed by atoms with Gasteiger partial charge in [0, 0.05) is 36.8 Å². The number of carbonyl (C=O) groups excluding carboxylic acids is 2. The molecule has 0 aliphatic carbocycles. The zero-order valence-corrected chi connectivity index (χ0v) is 17.5. The van der Waals surface area contributed by atoms with E-state index in [1.807, 2.05) is 0 Å². The molecule has 2 aliphatic heterocycles. The number of morpholine rings is 1. The molecule has 0 aromatic heterocycles. The highest BCUT2D eigenvalue weighted by Gasteiger charge is 2.46. The Morgan fingerprint density at radius 3 is 2.32 bits per heavy atom. The lowest BCUT2D eigenvalue weighted by molar-refractivity contribution is -0.140. The molecule has 8 heteroatoms. The van der Waals surface area contributed by atoms with E-state index in [0.29, 0.717) is 42.5 Å². The molecule has 2 aromatic carbocycles. The van der Waals surface area contributed by atoms with E-state index in [0.717, 1.165) is 13.1 Å². The van der Waals surface area contributed by atoms with Gasteiger partial charge in [0.25, 0.3) is 11.7 Å². The largest absolute Gasteiger partial charge is 0.507 e. The van der Waals surface area contributed by atoms with Gasteiger partial charge >= 0.3 is 0 Å². The van der Waals surface area contributed by atoms with E-state index in [-0.39, 0.29) is 11.3 Å². The molecule has 2 fully saturated rings. The summed E-state index contributed by atoms with van der Waals surface area (Å²) in [5.74, 6) is -2.15. The summed E-state index contributed by atoms with van der Waals surface area (Å²) in [5.41, 5.74) is 0.918. The van der Waals surface area contributed by atoms with Crippen molar-refractivity contribution in [2.75, 3.05) is 39.4 Å². The van der Waals surface area contributed by atoms with Gasteiger partial charge in [-0.05, 0) is 42.0 Å². The second-order valence-electron chi connectivity index (χ2n) is 7.50. The fourth-order valence-corrected chi connectivity index (χ4v) is 4.07. The first-order valence-electron chi connectivity index (χ1n) is 10.1. The number of aliphatic hydroxyl groups is 1. The van der Waals surface area contributed by atoms with Crippen LogP contribution in [0.4, 0.5) is 4.39 Å². The van der Waals surface area contributed by atoms with Crippen LogP contribution >= 0.6 is 11.6 Å². The van der Waals surface area contributed by atoms with E-state index in [1.165, 1.54) is 29.2 Å². The first-order valence-corrected chi connectivity index (χ1v) is 10.4. The number of carbonyl (C=O) groups is 2. The van der Waals surface area contributed by atoms with Crippen molar-refractivity contribution in [2.45, 2.75) is 6.04 Å². The fraction of sp³-hybridized carbons (Fsp3) is 0.304. The average Bonchev–Trinajstić information content (AvgIpc) is 3.04. The van der Waals surface area contributed by atoms with Crippen molar-refractivity contribution >= 4 is 29.1 Å². The van der Waals surface area contributed by atoms with Crippen molar-refractivity contribution in [3.63, 3.8) is 0 Å². The third kappa shape index (κ3) is 4.49. The number of ether oxygens (including phenoxy) is 1. The number of hydrogen-bond donors (Lipinski definition) is 1. The zero-order valence-electron chi connectivity index (χ0n) is 16.8. The third-order valence-corrected chi connectivity index (χ3v) is 5.86. The molecule has 6 nitrogen and oxygen atoms in total. The lowest BCUT2D eigenvalue weighted by atomic mass is 9.95. The molecule has 162 valence electrons. The summed E-state index contributed by atoms with van der Waals surface area (Å²) < 4.78 is 18.9. The molecule has 31 heavy (non-hydrogen) atoms. The molecule has 2 saturated heterocycles. The van der Waals surface area contributed by atoms with Gasteiger partial charge in [-0.25, -0.2) is 4.39 Å². The molecular formula is C23H22ClFN2O4. The van der Waals surface area contributed by atoms with E-state index < -0.39 is 23.5 Å². The molecule has 2 aromatic rings. The molecule has 0 spiro atoms. The zero-order chi connectivity index (χ0) is 22.0. The number of rotatable bonds is 5. The van der Waals surface area contributed by atoms with E-state index in [4.69, 9.17) is 16.3 Å². The van der Waals surface area contributed by atoms with Gasteiger partial charge in [-0.3, -0.25) is 14.5 Å². The molecule has 0 saturated carbocycles. The van der Waals surface area contributed by atoms with Crippen molar-refractivity contribution in [3.05, 3.63) is 76.1 Å². The Bertz CT molecular complexity index is 1000. The summed E-state index contributed by atoms with van der Waals surface area (Å²) in [5, 5.41) is 11.4. The van der Waals surface area contributed by atoms with E-state index in [2.05, 4.69) is 4.90 Å². The number of hydrogen-bond acceptors (Lipinski definition) is 5. The van der Waals surface area contributed by atoms with Crippen molar-refractivity contribution in [1.82, 2.24) is 9.80 Å². The predicted molar refractivity (Wildman–Crippen MR) is 114 cm³/mol. The maximum Gasteiger partial charge on any atom is 0.295 e. The molecule has 1 amide bonds. The summed E-state index contributed by atoms with van der Waals surface area (Å²) in [7, 11) is 0. The maximum atomic E-state index is 13.5. The van der Waals surface area contributed by atoms with Gasteiger partial charge in [-0.1, -0.05) is 23.7 Å². The maximum absolute atomic E-state index is 13.5. The van der Waals surface area contributed by atoms with Crippen LogP contribution in [0.1, 0.15) is 17.2 Å². The Balaban J connectivity index is 1.72. The van der Waals surface area contributed by atoms with Gasteiger partial charge in [0.1, 0.15) is 11.6 Å². The number of likely N-dealkylation sites (tertiary alicyclic amines) is 1. The van der Waals surface area contributed by atoms with Crippen LogP contribution in [0.2, 0.25) is 5.02 Å². The second kappa shape index (κ2) is 9.18. The summed E-state index contributed by atoms with van der Waals surface area (Å²) >= 11 is 5.93. The number of nitrogens with zero attached hydrogens (tertiary/aromatic N) is 2. The lowest BCUT2D eigenvalue weighted by Crippen LogP contribution is -2.42. The molecule has 4 rings (SSSR count). The van der Waals surface area contributed by atoms with Crippen LogP contribution in [0.5, 0.6) is 0 Å². The van der Waals surface area contributed by atoms with Gasteiger partial charge in [0.15, 0.2) is 0 Å². The summed E-state index contributed by atoms with van der Waals surface area (Å²) in [4.78, 5) is 29.5. The van der Waals surface area contributed by atoms with Crippen molar-refractivity contribution < 1.29 is 23.8 Å². The Labute approximate surface area is 184 Å². The number of Topliss-reactive ketones (excluding diaryl/α,β-unsaturated/α-hetero) is 1. The summed E-state index contributed by atoms with van der Waals surface area (Å²) in [6.07, 6.45) is 0. The van der Waals surface area contributed by atoms with Crippen LogP contribution in [0.15, 0.2) is 54.1 Å². The molecule has 2 aliphatic rings. The number of amides is 1. The number of ketones is 1. The summed E-state index contributed by atoms with van der Waals surface area (Å²) in [6, 6.07) is 11.2. The van der Waals surface area contributed by atoms with Crippen LogP contribution in [0.25, 0.3) is 5.76 Å². The quantitative estimate of drug-likeness (QED) is 0.435. The van der Waals surface area contributed by atoms with Gasteiger partial charge in [-0.15, -0.1) is 0 Å². The fourth-order valence-electron chi connectivity index (χ4n) is 3.94. The molecule has 2 heterocycles. The van der Waals surface area contributed by atoms with Crippen molar-refractivity contribution in [3.8, 4) is 0 Å². The van der Waals surface area contributed by atoms with Crippen LogP contribution in [0.3, 0.4) is 0 Å². The highest BCUT2D eigenvalue weighted by Crippen LogP contribution is 2.39. The topological polar surface area (TPSA) is 70.1 Å². The molecule has 0 radical (unpaired) electrons. The second-order valence-corrected chi connectivity index (χ2v) is 7.94.